The van der Waals surface area contributed by atoms with Gasteiger partial charge in [0.15, 0.2) is 9.84 Å². The summed E-state index contributed by atoms with van der Waals surface area (Å²) in [5, 5.41) is 13.0. The van der Waals surface area contributed by atoms with Crippen molar-refractivity contribution in [3.63, 3.8) is 0 Å². The van der Waals surface area contributed by atoms with Crippen molar-refractivity contribution in [3.8, 4) is 5.75 Å². The average molecular weight is 285 g/mol. The summed E-state index contributed by atoms with van der Waals surface area (Å²) in [7, 11) is -3.12. The van der Waals surface area contributed by atoms with Crippen LogP contribution in [0.25, 0.3) is 0 Å². The number of aromatic hydroxyl groups is 1. The van der Waals surface area contributed by atoms with Crippen molar-refractivity contribution in [2.24, 2.45) is 0 Å². The molecule has 1 aromatic carbocycles. The molecule has 1 rings (SSSR count). The Morgan fingerprint density at radius 3 is 2.47 bits per heavy atom. The minimum Gasteiger partial charge on any atom is -0.508 e. The maximum absolute atomic E-state index is 11.6. The molecule has 0 bridgehead atoms. The number of phenols is 1. The van der Waals surface area contributed by atoms with Gasteiger partial charge < -0.3 is 10.4 Å². The fraction of sp³-hybridized carbons (Fsp3) is 0.571. The van der Waals surface area contributed by atoms with Gasteiger partial charge in [0.05, 0.1) is 4.75 Å². The van der Waals surface area contributed by atoms with E-state index in [-0.39, 0.29) is 11.8 Å². The van der Waals surface area contributed by atoms with E-state index in [0.717, 1.165) is 11.1 Å². The van der Waals surface area contributed by atoms with Crippen LogP contribution in [0.15, 0.2) is 18.2 Å². The van der Waals surface area contributed by atoms with Crippen molar-refractivity contribution in [1.29, 1.82) is 0 Å². The lowest BCUT2D eigenvalue weighted by molar-refractivity contribution is 0.443. The molecule has 1 unspecified atom stereocenters. The molecule has 0 saturated heterocycles. The van der Waals surface area contributed by atoms with Crippen LogP contribution in [0.4, 0.5) is 0 Å². The van der Waals surface area contributed by atoms with Crippen molar-refractivity contribution < 1.29 is 13.5 Å². The van der Waals surface area contributed by atoms with Crippen molar-refractivity contribution in [2.75, 3.05) is 12.8 Å². The Kier molecular flexibility index (Phi) is 4.63. The first-order chi connectivity index (χ1) is 8.54. The zero-order chi connectivity index (χ0) is 14.8. The second kappa shape index (κ2) is 5.51. The maximum Gasteiger partial charge on any atom is 0.153 e. The molecule has 0 amide bonds. The molecule has 0 aromatic heterocycles. The number of rotatable bonds is 5. The summed E-state index contributed by atoms with van der Waals surface area (Å²) in [6.45, 7) is 7.58. The third-order valence-corrected chi connectivity index (χ3v) is 5.64. The Morgan fingerprint density at radius 2 is 1.95 bits per heavy atom. The number of benzene rings is 1. The first kappa shape index (κ1) is 16.0. The molecule has 0 fully saturated rings. The summed E-state index contributed by atoms with van der Waals surface area (Å²) >= 11 is 0. The van der Waals surface area contributed by atoms with Crippen molar-refractivity contribution in [3.05, 3.63) is 29.3 Å². The fourth-order valence-corrected chi connectivity index (χ4v) is 2.01. The predicted octanol–water partition coefficient (Wildman–Crippen LogP) is 2.17. The molecule has 1 atom stereocenters. The highest BCUT2D eigenvalue weighted by Gasteiger charge is 2.30. The normalized spacial score (nSPS) is 14.4. The molecular weight excluding hydrogens is 262 g/mol. The van der Waals surface area contributed by atoms with Gasteiger partial charge in [0.25, 0.3) is 0 Å². The van der Waals surface area contributed by atoms with Crippen molar-refractivity contribution >= 4 is 9.84 Å². The summed E-state index contributed by atoms with van der Waals surface area (Å²) in [5.74, 6) is 0.225. The number of hydrogen-bond donors (Lipinski definition) is 2. The zero-order valence-corrected chi connectivity index (χ0v) is 13.0. The third kappa shape index (κ3) is 3.94. The van der Waals surface area contributed by atoms with Crippen LogP contribution in [-0.4, -0.2) is 31.1 Å². The van der Waals surface area contributed by atoms with Crippen LogP contribution < -0.4 is 5.32 Å². The van der Waals surface area contributed by atoms with Crippen LogP contribution >= 0.6 is 0 Å². The summed E-state index contributed by atoms with van der Waals surface area (Å²) in [6, 6.07) is 5.29. The van der Waals surface area contributed by atoms with Gasteiger partial charge in [-0.2, -0.15) is 0 Å². The second-order valence-electron chi connectivity index (χ2n) is 5.70. The molecule has 108 valence electrons. The number of hydrogen-bond acceptors (Lipinski definition) is 4. The summed E-state index contributed by atoms with van der Waals surface area (Å²) in [5.41, 5.74) is 1.84. The molecule has 0 aliphatic rings. The van der Waals surface area contributed by atoms with Crippen LogP contribution in [0.1, 0.15) is 37.9 Å². The minimum atomic E-state index is -3.12. The standard InChI is InChI=1S/C14H23NO3S/c1-10-6-7-13(16)12(8-10)11(2)15-9-14(3,4)19(5,17)18/h6-8,11,15-16H,9H2,1-5H3. The Balaban J connectivity index is 2.81. The van der Waals surface area contributed by atoms with Gasteiger partial charge >= 0.3 is 0 Å². The molecule has 0 saturated carbocycles. The SMILES string of the molecule is Cc1ccc(O)c(C(C)NCC(C)(C)S(C)(=O)=O)c1. The average Bonchev–Trinajstić information content (AvgIpc) is 2.28. The van der Waals surface area contributed by atoms with E-state index in [0.29, 0.717) is 6.54 Å². The first-order valence-corrected chi connectivity index (χ1v) is 8.16. The van der Waals surface area contributed by atoms with E-state index in [1.165, 1.54) is 6.26 Å². The largest absolute Gasteiger partial charge is 0.508 e. The molecule has 0 aliphatic carbocycles. The lowest BCUT2D eigenvalue weighted by Gasteiger charge is -2.26. The summed E-state index contributed by atoms with van der Waals surface area (Å²) < 4.78 is 22.4. The van der Waals surface area contributed by atoms with Gasteiger partial charge in [-0.05, 0) is 33.8 Å². The van der Waals surface area contributed by atoms with Gasteiger partial charge in [-0.15, -0.1) is 0 Å². The molecule has 0 radical (unpaired) electrons. The van der Waals surface area contributed by atoms with Crippen molar-refractivity contribution in [1.82, 2.24) is 5.32 Å². The highest BCUT2D eigenvalue weighted by molar-refractivity contribution is 7.92. The van der Waals surface area contributed by atoms with Crippen LogP contribution in [0, 0.1) is 6.92 Å². The van der Waals surface area contributed by atoms with E-state index in [4.69, 9.17) is 0 Å². The van der Waals surface area contributed by atoms with Gasteiger partial charge in [-0.1, -0.05) is 17.7 Å². The summed E-state index contributed by atoms with van der Waals surface area (Å²) in [4.78, 5) is 0. The number of phenolic OH excluding ortho intramolecular Hbond substituents is 1. The zero-order valence-electron chi connectivity index (χ0n) is 12.2. The molecule has 4 nitrogen and oxygen atoms in total. The van der Waals surface area contributed by atoms with E-state index < -0.39 is 14.6 Å². The molecule has 2 N–H and O–H groups in total. The van der Waals surface area contributed by atoms with E-state index in [2.05, 4.69) is 5.32 Å². The Bertz CT molecular complexity index is 550. The highest BCUT2D eigenvalue weighted by atomic mass is 32.2. The molecular formula is C14H23NO3S. The van der Waals surface area contributed by atoms with E-state index >= 15 is 0 Å². The van der Waals surface area contributed by atoms with E-state index in [1.54, 1.807) is 19.9 Å². The monoisotopic (exact) mass is 285 g/mol. The highest BCUT2D eigenvalue weighted by Crippen LogP contribution is 2.25. The fourth-order valence-electron chi connectivity index (χ4n) is 1.66. The Hall–Kier alpha value is -1.07. The van der Waals surface area contributed by atoms with Crippen LogP contribution in [0.5, 0.6) is 5.75 Å². The molecule has 0 spiro atoms. The molecule has 0 aliphatic heterocycles. The predicted molar refractivity (Wildman–Crippen MR) is 78.2 cm³/mol. The lowest BCUT2D eigenvalue weighted by Crippen LogP contribution is -2.42. The Morgan fingerprint density at radius 1 is 1.37 bits per heavy atom. The molecule has 19 heavy (non-hydrogen) atoms. The van der Waals surface area contributed by atoms with Gasteiger partial charge in [-0.3, -0.25) is 0 Å². The van der Waals surface area contributed by atoms with Crippen LogP contribution in [0.3, 0.4) is 0 Å². The quantitative estimate of drug-likeness (QED) is 0.870. The first-order valence-electron chi connectivity index (χ1n) is 6.27. The summed E-state index contributed by atoms with van der Waals surface area (Å²) in [6.07, 6.45) is 1.24. The molecule has 0 heterocycles. The number of nitrogens with one attached hydrogen (secondary N) is 1. The van der Waals surface area contributed by atoms with Crippen LogP contribution in [-0.2, 0) is 9.84 Å². The van der Waals surface area contributed by atoms with Gasteiger partial charge in [0.2, 0.25) is 0 Å². The van der Waals surface area contributed by atoms with Gasteiger partial charge in [0, 0.05) is 24.4 Å². The smallest absolute Gasteiger partial charge is 0.153 e. The van der Waals surface area contributed by atoms with Crippen molar-refractivity contribution in [2.45, 2.75) is 38.5 Å². The lowest BCUT2D eigenvalue weighted by atomic mass is 10.0. The number of sulfone groups is 1. The topological polar surface area (TPSA) is 66.4 Å². The molecule has 1 aromatic rings. The second-order valence-corrected chi connectivity index (χ2v) is 8.35. The molecule has 5 heteroatoms. The Labute approximate surface area is 115 Å². The van der Waals surface area contributed by atoms with Gasteiger partial charge in [0.1, 0.15) is 5.75 Å². The van der Waals surface area contributed by atoms with Gasteiger partial charge in [-0.25, -0.2) is 8.42 Å². The van der Waals surface area contributed by atoms with Crippen LogP contribution in [0.2, 0.25) is 0 Å². The number of aryl methyl sites for hydroxylation is 1. The van der Waals surface area contributed by atoms with E-state index in [1.807, 2.05) is 26.0 Å². The third-order valence-electron chi connectivity index (χ3n) is 3.49. The maximum atomic E-state index is 11.6. The van der Waals surface area contributed by atoms with E-state index in [9.17, 15) is 13.5 Å². The minimum absolute atomic E-state index is 0.110.